The van der Waals surface area contributed by atoms with Crippen molar-refractivity contribution in [3.63, 3.8) is 0 Å². The van der Waals surface area contributed by atoms with E-state index in [0.717, 1.165) is 24.5 Å². The van der Waals surface area contributed by atoms with E-state index >= 15 is 0 Å². The van der Waals surface area contributed by atoms with E-state index in [-0.39, 0.29) is 5.91 Å². The van der Waals surface area contributed by atoms with Gasteiger partial charge < -0.3 is 15.5 Å². The van der Waals surface area contributed by atoms with Crippen molar-refractivity contribution in [2.75, 3.05) is 36.9 Å². The summed E-state index contributed by atoms with van der Waals surface area (Å²) >= 11 is 0. The molecule has 0 aromatic heterocycles. The van der Waals surface area contributed by atoms with Crippen molar-refractivity contribution in [1.82, 2.24) is 5.32 Å². The number of anilines is 2. The Bertz CT molecular complexity index is 414. The summed E-state index contributed by atoms with van der Waals surface area (Å²) in [6.07, 6.45) is 4.29. The highest BCUT2D eigenvalue weighted by Gasteiger charge is 2.15. The van der Waals surface area contributed by atoms with Gasteiger partial charge in [0, 0.05) is 26.1 Å². The van der Waals surface area contributed by atoms with Crippen LogP contribution in [0.1, 0.15) is 25.7 Å². The second kappa shape index (κ2) is 7.14. The monoisotopic (exact) mass is 261 g/mol. The van der Waals surface area contributed by atoms with Crippen LogP contribution < -0.4 is 15.5 Å². The number of hydrogen-bond acceptors (Lipinski definition) is 3. The Morgan fingerprint density at radius 3 is 2.68 bits per heavy atom. The molecule has 1 aromatic rings. The number of nitrogens with one attached hydrogen (secondary N) is 2. The van der Waals surface area contributed by atoms with Gasteiger partial charge >= 0.3 is 0 Å². The van der Waals surface area contributed by atoms with Crippen LogP contribution in [0.15, 0.2) is 24.3 Å². The van der Waals surface area contributed by atoms with Gasteiger partial charge in [0.2, 0.25) is 5.91 Å². The van der Waals surface area contributed by atoms with Gasteiger partial charge in [0.15, 0.2) is 0 Å². The number of carbonyl (C=O) groups is 1. The highest BCUT2D eigenvalue weighted by molar-refractivity contribution is 5.94. The topological polar surface area (TPSA) is 44.4 Å². The summed E-state index contributed by atoms with van der Waals surface area (Å²) in [6, 6.07) is 8.09. The number of benzene rings is 1. The van der Waals surface area contributed by atoms with E-state index < -0.39 is 0 Å². The number of carbonyl (C=O) groups excluding carboxylic acids is 1. The average Bonchev–Trinajstić information content (AvgIpc) is 2.46. The Morgan fingerprint density at radius 1 is 1.21 bits per heavy atom. The van der Waals surface area contributed by atoms with Crippen LogP contribution in [-0.2, 0) is 4.79 Å². The van der Waals surface area contributed by atoms with Gasteiger partial charge in [-0.2, -0.15) is 0 Å². The molecule has 0 radical (unpaired) electrons. The molecule has 2 rings (SSSR count). The number of hydrogen-bond donors (Lipinski definition) is 2. The summed E-state index contributed by atoms with van der Waals surface area (Å²) in [5, 5.41) is 6.01. The quantitative estimate of drug-likeness (QED) is 0.854. The Labute approximate surface area is 115 Å². The van der Waals surface area contributed by atoms with Crippen molar-refractivity contribution in [2.24, 2.45) is 0 Å². The van der Waals surface area contributed by atoms with E-state index in [2.05, 4.69) is 21.6 Å². The van der Waals surface area contributed by atoms with E-state index in [1.54, 1.807) is 0 Å². The molecule has 1 amide bonds. The fraction of sp³-hybridized carbons (Fsp3) is 0.533. The van der Waals surface area contributed by atoms with Gasteiger partial charge in [0.1, 0.15) is 0 Å². The molecule has 1 aliphatic rings. The molecule has 1 saturated heterocycles. The van der Waals surface area contributed by atoms with Crippen LogP contribution in [0, 0.1) is 0 Å². The smallest absolute Gasteiger partial charge is 0.225 e. The lowest BCUT2D eigenvalue weighted by Gasteiger charge is -2.30. The predicted molar refractivity (Wildman–Crippen MR) is 79.7 cm³/mol. The van der Waals surface area contributed by atoms with E-state index in [1.165, 1.54) is 19.3 Å². The summed E-state index contributed by atoms with van der Waals surface area (Å²) in [5.74, 6) is 0.0683. The summed E-state index contributed by atoms with van der Waals surface area (Å²) in [5.41, 5.74) is 2.09. The Morgan fingerprint density at radius 2 is 1.95 bits per heavy atom. The van der Waals surface area contributed by atoms with Crippen LogP contribution in [0.4, 0.5) is 11.4 Å². The zero-order valence-corrected chi connectivity index (χ0v) is 11.6. The zero-order valence-electron chi connectivity index (χ0n) is 11.6. The molecule has 1 fully saturated rings. The SMILES string of the molecule is CNCCC(=O)Nc1ccccc1N1CCCCC1. The minimum absolute atomic E-state index is 0.0683. The summed E-state index contributed by atoms with van der Waals surface area (Å²) in [4.78, 5) is 14.2. The lowest BCUT2D eigenvalue weighted by atomic mass is 10.1. The highest BCUT2D eigenvalue weighted by atomic mass is 16.1. The van der Waals surface area contributed by atoms with E-state index in [9.17, 15) is 4.79 Å². The molecule has 0 bridgehead atoms. The molecule has 0 aliphatic carbocycles. The molecular formula is C15H23N3O. The van der Waals surface area contributed by atoms with Crippen molar-refractivity contribution in [2.45, 2.75) is 25.7 Å². The van der Waals surface area contributed by atoms with Crippen LogP contribution in [0.25, 0.3) is 0 Å². The van der Waals surface area contributed by atoms with Crippen LogP contribution in [0.3, 0.4) is 0 Å². The van der Waals surface area contributed by atoms with Crippen molar-refractivity contribution in [1.29, 1.82) is 0 Å². The van der Waals surface area contributed by atoms with Crippen molar-refractivity contribution >= 4 is 17.3 Å². The van der Waals surface area contributed by atoms with Gasteiger partial charge in [-0.3, -0.25) is 4.79 Å². The second-order valence-corrected chi connectivity index (χ2v) is 4.97. The molecule has 2 N–H and O–H groups in total. The number of amides is 1. The highest BCUT2D eigenvalue weighted by Crippen LogP contribution is 2.28. The molecular weight excluding hydrogens is 238 g/mol. The second-order valence-electron chi connectivity index (χ2n) is 4.97. The standard InChI is InChI=1S/C15H23N3O/c1-16-10-9-15(19)17-13-7-3-4-8-14(13)18-11-5-2-6-12-18/h3-4,7-8,16H,2,5-6,9-12H2,1H3,(H,17,19). The molecule has 19 heavy (non-hydrogen) atoms. The lowest BCUT2D eigenvalue weighted by Crippen LogP contribution is -2.30. The molecule has 0 spiro atoms. The van der Waals surface area contributed by atoms with Crippen molar-refractivity contribution in [3.05, 3.63) is 24.3 Å². The third-order valence-electron chi connectivity index (χ3n) is 3.48. The molecule has 0 atom stereocenters. The third-order valence-corrected chi connectivity index (χ3v) is 3.48. The summed E-state index contributed by atoms with van der Waals surface area (Å²) in [6.45, 7) is 2.88. The van der Waals surface area contributed by atoms with E-state index in [1.807, 2.05) is 25.2 Å². The maximum absolute atomic E-state index is 11.8. The van der Waals surface area contributed by atoms with Crippen LogP contribution in [0.2, 0.25) is 0 Å². The Balaban J connectivity index is 2.05. The summed E-state index contributed by atoms with van der Waals surface area (Å²) < 4.78 is 0. The fourth-order valence-corrected chi connectivity index (χ4v) is 2.44. The molecule has 1 aliphatic heterocycles. The van der Waals surface area contributed by atoms with Crippen LogP contribution >= 0.6 is 0 Å². The van der Waals surface area contributed by atoms with Gasteiger partial charge in [-0.05, 0) is 38.4 Å². The first-order chi connectivity index (χ1) is 9.31. The molecule has 0 saturated carbocycles. The molecule has 4 heteroatoms. The normalized spacial score (nSPS) is 15.3. The number of nitrogens with zero attached hydrogens (tertiary/aromatic N) is 1. The largest absolute Gasteiger partial charge is 0.370 e. The van der Waals surface area contributed by atoms with Crippen molar-refractivity contribution < 1.29 is 4.79 Å². The molecule has 104 valence electrons. The van der Waals surface area contributed by atoms with Gasteiger partial charge in [-0.1, -0.05) is 12.1 Å². The third kappa shape index (κ3) is 3.96. The van der Waals surface area contributed by atoms with Gasteiger partial charge in [-0.25, -0.2) is 0 Å². The number of rotatable bonds is 5. The zero-order chi connectivity index (χ0) is 13.5. The average molecular weight is 261 g/mol. The minimum atomic E-state index is 0.0683. The Hall–Kier alpha value is -1.55. The maximum atomic E-state index is 11.8. The first-order valence-corrected chi connectivity index (χ1v) is 7.09. The molecule has 1 heterocycles. The lowest BCUT2D eigenvalue weighted by molar-refractivity contribution is -0.116. The van der Waals surface area contributed by atoms with Gasteiger partial charge in [0.05, 0.1) is 11.4 Å². The first kappa shape index (κ1) is 13.9. The molecule has 4 nitrogen and oxygen atoms in total. The summed E-state index contributed by atoms with van der Waals surface area (Å²) in [7, 11) is 1.86. The number of piperidine rings is 1. The van der Waals surface area contributed by atoms with Crippen molar-refractivity contribution in [3.8, 4) is 0 Å². The van der Waals surface area contributed by atoms with Gasteiger partial charge in [-0.15, -0.1) is 0 Å². The predicted octanol–water partition coefficient (Wildman–Crippen LogP) is 2.22. The van der Waals surface area contributed by atoms with E-state index in [0.29, 0.717) is 13.0 Å². The fourth-order valence-electron chi connectivity index (χ4n) is 2.44. The number of para-hydroxylation sites is 2. The first-order valence-electron chi connectivity index (χ1n) is 7.09. The maximum Gasteiger partial charge on any atom is 0.225 e. The van der Waals surface area contributed by atoms with Crippen LogP contribution in [-0.4, -0.2) is 32.6 Å². The Kier molecular flexibility index (Phi) is 5.21. The van der Waals surface area contributed by atoms with Gasteiger partial charge in [0.25, 0.3) is 0 Å². The molecule has 1 aromatic carbocycles. The van der Waals surface area contributed by atoms with Crippen LogP contribution in [0.5, 0.6) is 0 Å². The van der Waals surface area contributed by atoms with E-state index in [4.69, 9.17) is 0 Å². The minimum Gasteiger partial charge on any atom is -0.370 e. The molecule has 0 unspecified atom stereocenters.